The molecule has 210 valence electrons. The van der Waals surface area contributed by atoms with Crippen LogP contribution in [0.25, 0.3) is 0 Å². The monoisotopic (exact) mass is 547 g/mol. The van der Waals surface area contributed by atoms with Gasteiger partial charge in [-0.3, -0.25) is 9.59 Å². The van der Waals surface area contributed by atoms with Gasteiger partial charge in [-0.2, -0.15) is 18.3 Å². The van der Waals surface area contributed by atoms with Gasteiger partial charge in [0.25, 0.3) is 5.91 Å². The topological polar surface area (TPSA) is 107 Å². The van der Waals surface area contributed by atoms with E-state index in [0.717, 1.165) is 35.5 Å². The molecule has 0 saturated heterocycles. The predicted molar refractivity (Wildman–Crippen MR) is 136 cm³/mol. The number of nitrogens with one attached hydrogen (secondary N) is 2. The first-order chi connectivity index (χ1) is 18.4. The number of amides is 1. The van der Waals surface area contributed by atoms with Gasteiger partial charge in [0.05, 0.1) is 30.9 Å². The van der Waals surface area contributed by atoms with Gasteiger partial charge in [-0.05, 0) is 54.9 Å². The molecule has 1 aliphatic heterocycles. The van der Waals surface area contributed by atoms with Crippen molar-refractivity contribution in [1.82, 2.24) is 20.4 Å². The summed E-state index contributed by atoms with van der Waals surface area (Å²) in [5.74, 6) is -2.41. The summed E-state index contributed by atoms with van der Waals surface area (Å²) in [6, 6.07) is 6.82. The van der Waals surface area contributed by atoms with E-state index in [1.54, 1.807) is 37.3 Å². The SMILES string of the molecule is CCOC(=O)CCNC(=O)c1ccc(C(OC2(n3cc(C(F)(F)F)cn3)N=CC=CN2)C2CC(C)(C)C2)cc1. The van der Waals surface area contributed by atoms with Crippen LogP contribution in [-0.2, 0) is 26.4 Å². The number of hydrogen-bond acceptors (Lipinski definition) is 7. The van der Waals surface area contributed by atoms with Crippen molar-refractivity contribution in [1.29, 1.82) is 0 Å². The first kappa shape index (κ1) is 28.3. The van der Waals surface area contributed by atoms with Crippen LogP contribution in [0, 0.1) is 11.3 Å². The Bertz CT molecular complexity index is 1230. The predicted octanol–water partition coefficient (Wildman–Crippen LogP) is 4.53. The summed E-state index contributed by atoms with van der Waals surface area (Å²) < 4.78 is 52.4. The van der Waals surface area contributed by atoms with Crippen molar-refractivity contribution in [3.63, 3.8) is 0 Å². The molecule has 0 radical (unpaired) electrons. The molecule has 2 aromatic rings. The molecule has 9 nitrogen and oxygen atoms in total. The molecule has 1 aliphatic carbocycles. The highest BCUT2D eigenvalue weighted by Crippen LogP contribution is 2.52. The largest absolute Gasteiger partial charge is 0.466 e. The number of benzene rings is 1. The van der Waals surface area contributed by atoms with Crippen molar-refractivity contribution in [2.45, 2.75) is 58.3 Å². The highest BCUT2D eigenvalue weighted by Gasteiger charge is 2.47. The first-order valence-corrected chi connectivity index (χ1v) is 12.7. The second kappa shape index (κ2) is 11.2. The van der Waals surface area contributed by atoms with Crippen LogP contribution in [0.1, 0.15) is 67.6 Å². The van der Waals surface area contributed by atoms with Crippen LogP contribution < -0.4 is 10.6 Å². The number of nitrogens with zero attached hydrogens (tertiary/aromatic N) is 3. The quantitative estimate of drug-likeness (QED) is 0.423. The number of ether oxygens (including phenoxy) is 2. The van der Waals surface area contributed by atoms with E-state index in [2.05, 4.69) is 34.6 Å². The highest BCUT2D eigenvalue weighted by molar-refractivity contribution is 5.94. The summed E-state index contributed by atoms with van der Waals surface area (Å²) in [5, 5.41) is 9.55. The Hall–Kier alpha value is -3.67. The van der Waals surface area contributed by atoms with Gasteiger partial charge in [-0.25, -0.2) is 9.67 Å². The van der Waals surface area contributed by atoms with Gasteiger partial charge in [0.2, 0.25) is 0 Å². The Kier molecular flexibility index (Phi) is 8.15. The summed E-state index contributed by atoms with van der Waals surface area (Å²) >= 11 is 0. The van der Waals surface area contributed by atoms with Crippen molar-refractivity contribution in [2.75, 3.05) is 13.2 Å². The molecular weight excluding hydrogens is 515 g/mol. The Balaban J connectivity index is 1.56. The fraction of sp³-hybridized carbons (Fsp3) is 0.481. The summed E-state index contributed by atoms with van der Waals surface area (Å²) in [6.45, 7) is 6.42. The van der Waals surface area contributed by atoms with E-state index >= 15 is 0 Å². The molecule has 2 N–H and O–H groups in total. The maximum absolute atomic E-state index is 13.3. The zero-order valence-corrected chi connectivity index (χ0v) is 22.0. The Morgan fingerprint density at radius 3 is 2.51 bits per heavy atom. The van der Waals surface area contributed by atoms with E-state index < -0.39 is 23.8 Å². The standard InChI is InChI=1S/C27H32F3N5O4/c1-4-38-22(36)10-13-31-24(37)19-8-6-18(7-9-19)23(20-14-25(2,3)15-20)39-27(32-11-5-12-33-27)35-17-21(16-34-35)26(28,29)30/h5-9,11-12,16-17,20,23,32H,4,10,13-15H2,1-3H3,(H,31,37). The summed E-state index contributed by atoms with van der Waals surface area (Å²) in [7, 11) is 0. The second-order valence-electron chi connectivity index (χ2n) is 10.4. The van der Waals surface area contributed by atoms with E-state index in [1.165, 1.54) is 12.4 Å². The van der Waals surface area contributed by atoms with E-state index in [0.29, 0.717) is 5.56 Å². The summed E-state index contributed by atoms with van der Waals surface area (Å²) in [5.41, 5.74) is 0.310. The van der Waals surface area contributed by atoms with Crippen molar-refractivity contribution in [3.8, 4) is 0 Å². The number of rotatable bonds is 10. The number of aliphatic imine (C=N–C) groups is 1. The van der Waals surface area contributed by atoms with Crippen LogP contribution in [0.4, 0.5) is 13.2 Å². The van der Waals surface area contributed by atoms with E-state index in [4.69, 9.17) is 9.47 Å². The van der Waals surface area contributed by atoms with Crippen LogP contribution in [-0.4, -0.2) is 41.0 Å². The third kappa shape index (κ3) is 6.67. The number of hydrogen-bond donors (Lipinski definition) is 2. The van der Waals surface area contributed by atoms with Crippen LogP contribution in [0.2, 0.25) is 0 Å². The maximum atomic E-state index is 13.3. The van der Waals surface area contributed by atoms with Crippen LogP contribution in [0.5, 0.6) is 0 Å². The van der Waals surface area contributed by atoms with E-state index in [1.807, 2.05) is 0 Å². The van der Waals surface area contributed by atoms with Crippen molar-refractivity contribution in [3.05, 3.63) is 65.6 Å². The van der Waals surface area contributed by atoms with Gasteiger partial charge in [0.1, 0.15) is 0 Å². The molecule has 2 aliphatic rings. The Morgan fingerprint density at radius 1 is 1.23 bits per heavy atom. The average molecular weight is 548 g/mol. The molecule has 1 saturated carbocycles. The molecule has 1 aromatic carbocycles. The number of carbonyl (C=O) groups excluding carboxylic acids is 2. The zero-order valence-electron chi connectivity index (χ0n) is 22.0. The Morgan fingerprint density at radius 2 is 1.95 bits per heavy atom. The fourth-order valence-electron chi connectivity index (χ4n) is 4.88. The minimum absolute atomic E-state index is 0.0571. The fourth-order valence-corrected chi connectivity index (χ4v) is 4.88. The van der Waals surface area contributed by atoms with Gasteiger partial charge >= 0.3 is 18.1 Å². The summed E-state index contributed by atoms with van der Waals surface area (Å²) in [6.07, 6.45) is 2.76. The molecule has 12 heteroatoms. The van der Waals surface area contributed by atoms with Gasteiger partial charge in [-0.15, -0.1) is 0 Å². The molecule has 4 rings (SSSR count). The molecule has 0 spiro atoms. The molecule has 1 aromatic heterocycles. The number of alkyl halides is 3. The minimum atomic E-state index is -4.57. The lowest BCUT2D eigenvalue weighted by atomic mass is 9.62. The lowest BCUT2D eigenvalue weighted by Crippen LogP contribution is -2.50. The molecule has 2 atom stereocenters. The van der Waals surface area contributed by atoms with Gasteiger partial charge in [0.15, 0.2) is 0 Å². The maximum Gasteiger partial charge on any atom is 0.419 e. The number of carbonyl (C=O) groups is 2. The smallest absolute Gasteiger partial charge is 0.419 e. The average Bonchev–Trinajstić information content (AvgIpc) is 3.39. The lowest BCUT2D eigenvalue weighted by molar-refractivity contribution is -0.201. The van der Waals surface area contributed by atoms with E-state index in [9.17, 15) is 22.8 Å². The molecule has 0 bridgehead atoms. The third-order valence-corrected chi connectivity index (χ3v) is 6.69. The van der Waals surface area contributed by atoms with Crippen molar-refractivity contribution < 1.29 is 32.2 Å². The van der Waals surface area contributed by atoms with Gasteiger partial charge < -0.3 is 20.1 Å². The normalized spacial score (nSPS) is 21.1. The number of allylic oxidation sites excluding steroid dienone is 1. The van der Waals surface area contributed by atoms with E-state index in [-0.39, 0.29) is 42.8 Å². The highest BCUT2D eigenvalue weighted by atomic mass is 19.4. The number of halogens is 3. The van der Waals surface area contributed by atoms with Crippen molar-refractivity contribution in [2.24, 2.45) is 16.3 Å². The molecular formula is C27H32F3N5O4. The molecule has 2 heterocycles. The molecule has 1 fully saturated rings. The molecule has 1 amide bonds. The number of esters is 1. The van der Waals surface area contributed by atoms with Crippen LogP contribution in [0.15, 0.2) is 53.9 Å². The molecule has 39 heavy (non-hydrogen) atoms. The van der Waals surface area contributed by atoms with Crippen LogP contribution >= 0.6 is 0 Å². The first-order valence-electron chi connectivity index (χ1n) is 12.7. The second-order valence-corrected chi connectivity index (χ2v) is 10.4. The lowest BCUT2D eigenvalue weighted by Gasteiger charge is -2.48. The summed E-state index contributed by atoms with van der Waals surface area (Å²) in [4.78, 5) is 28.4. The van der Waals surface area contributed by atoms with Crippen LogP contribution in [0.3, 0.4) is 0 Å². The third-order valence-electron chi connectivity index (χ3n) is 6.69. The molecule has 2 unspecified atom stereocenters. The zero-order chi connectivity index (χ0) is 28.3. The Labute approximate surface area is 224 Å². The van der Waals surface area contributed by atoms with Gasteiger partial charge in [0, 0.05) is 30.7 Å². The minimum Gasteiger partial charge on any atom is -0.466 e. The van der Waals surface area contributed by atoms with Crippen molar-refractivity contribution >= 4 is 18.1 Å². The van der Waals surface area contributed by atoms with Gasteiger partial charge in [-0.1, -0.05) is 26.0 Å². The number of aromatic nitrogens is 2.